The lowest BCUT2D eigenvalue weighted by Gasteiger charge is -2.33. The van der Waals surface area contributed by atoms with Crippen molar-refractivity contribution in [1.29, 1.82) is 0 Å². The van der Waals surface area contributed by atoms with Gasteiger partial charge >= 0.3 is 6.97 Å². The second-order valence-corrected chi connectivity index (χ2v) is 7.20. The molecule has 5 nitrogen and oxygen atoms in total. The lowest BCUT2D eigenvalue weighted by Crippen LogP contribution is -2.51. The van der Waals surface area contributed by atoms with Gasteiger partial charge in [0.05, 0.1) is 11.1 Å². The molecule has 0 bridgehead atoms. The predicted molar refractivity (Wildman–Crippen MR) is 102 cm³/mol. The van der Waals surface area contributed by atoms with Crippen LogP contribution >= 0.6 is 0 Å². The van der Waals surface area contributed by atoms with E-state index in [1.54, 1.807) is 31.0 Å². The van der Waals surface area contributed by atoms with Gasteiger partial charge in [0.15, 0.2) is 18.3 Å². The van der Waals surface area contributed by atoms with E-state index in [2.05, 4.69) is 0 Å². The first kappa shape index (κ1) is 19.0. The minimum Gasteiger partial charge on any atom is -0.393 e. The van der Waals surface area contributed by atoms with Crippen molar-refractivity contribution in [2.24, 2.45) is 0 Å². The lowest BCUT2D eigenvalue weighted by atomic mass is 9.86. The Morgan fingerprint density at radius 1 is 1.04 bits per heavy atom. The van der Waals surface area contributed by atoms with E-state index >= 15 is 8.63 Å². The number of allylic oxidation sites excluding steroid dienone is 4. The van der Waals surface area contributed by atoms with Crippen LogP contribution in [0.15, 0.2) is 29.1 Å². The highest BCUT2D eigenvalue weighted by molar-refractivity contribution is 6.58. The van der Waals surface area contributed by atoms with Gasteiger partial charge < -0.3 is 22.5 Å². The zero-order valence-corrected chi connectivity index (χ0v) is 16.3. The monoisotopic (exact) mass is 373 g/mol. The van der Waals surface area contributed by atoms with Crippen molar-refractivity contribution in [3.63, 3.8) is 0 Å². The van der Waals surface area contributed by atoms with Crippen molar-refractivity contribution < 1.29 is 22.7 Å². The number of aromatic nitrogens is 1. The predicted octanol–water partition coefficient (Wildman–Crippen LogP) is 2.94. The number of rotatable bonds is 4. The number of carbonyl (C=O) groups is 2. The summed E-state index contributed by atoms with van der Waals surface area (Å²) in [4.78, 5) is 24.9. The molecule has 3 rings (SSSR count). The Balaban J connectivity index is 2.54. The molecule has 142 valence electrons. The third kappa shape index (κ3) is 2.39. The summed E-state index contributed by atoms with van der Waals surface area (Å²) in [6.07, 6.45) is 4.78. The topological polar surface area (TPSA) is 45.3 Å². The van der Waals surface area contributed by atoms with Crippen molar-refractivity contribution in [2.45, 2.75) is 27.7 Å². The van der Waals surface area contributed by atoms with E-state index in [1.807, 2.05) is 14.1 Å². The van der Waals surface area contributed by atoms with Crippen LogP contribution in [0.3, 0.4) is 0 Å². The second-order valence-electron chi connectivity index (χ2n) is 7.20. The summed E-state index contributed by atoms with van der Waals surface area (Å²) in [5.41, 5.74) is 3.24. The van der Waals surface area contributed by atoms with Crippen LogP contribution in [-0.4, -0.2) is 53.2 Å². The molecule has 0 N–H and O–H groups in total. The second kappa shape index (κ2) is 6.15. The standard InChI is InChI=1S/C19H22BF2N3O2/c1-11-16(9-26)13(3)24-18(11)15(7-8-23(5)6)19-12(2)17(10-27)14(4)25(19)20(24,21)22/h7-10H,1-6H3/b8-7+. The van der Waals surface area contributed by atoms with E-state index in [0.717, 1.165) is 8.96 Å². The van der Waals surface area contributed by atoms with Crippen LogP contribution in [0, 0.1) is 13.8 Å². The molecule has 0 atom stereocenters. The van der Waals surface area contributed by atoms with Gasteiger partial charge in [0.2, 0.25) is 0 Å². The molecule has 0 saturated carbocycles. The Labute approximate surface area is 157 Å². The van der Waals surface area contributed by atoms with Gasteiger partial charge in [-0.1, -0.05) is 0 Å². The van der Waals surface area contributed by atoms with Gasteiger partial charge in [0.1, 0.15) is 5.71 Å². The van der Waals surface area contributed by atoms with Crippen molar-refractivity contribution in [3.05, 3.63) is 51.6 Å². The van der Waals surface area contributed by atoms with E-state index in [0.29, 0.717) is 40.7 Å². The molecule has 8 heteroatoms. The highest BCUT2D eigenvalue weighted by Crippen LogP contribution is 2.44. The fourth-order valence-corrected chi connectivity index (χ4v) is 4.15. The summed E-state index contributed by atoms with van der Waals surface area (Å²) in [5.74, 6) is 0. The van der Waals surface area contributed by atoms with Gasteiger partial charge in [-0.25, -0.2) is 0 Å². The molecular weight excluding hydrogens is 351 g/mol. The summed E-state index contributed by atoms with van der Waals surface area (Å²) in [7, 11) is 3.67. The van der Waals surface area contributed by atoms with E-state index < -0.39 is 6.97 Å². The van der Waals surface area contributed by atoms with E-state index in [-0.39, 0.29) is 22.5 Å². The SMILES string of the molecule is CC1=C(C=O)C(C)=[N+]2C1=C(/C=C/N(C)C)c1c(C)c(C=O)c(C)n1[B-]2(F)F. The largest absolute Gasteiger partial charge is 0.737 e. The number of hydrogen-bond acceptors (Lipinski definition) is 3. The maximum atomic E-state index is 15.7. The highest BCUT2D eigenvalue weighted by Gasteiger charge is 2.56. The Hall–Kier alpha value is -2.77. The fraction of sp³-hybridized carbons (Fsp3) is 0.316. The number of halogens is 2. The molecule has 0 spiro atoms. The average Bonchev–Trinajstić information content (AvgIpc) is 2.99. The minimum atomic E-state index is -4.24. The highest BCUT2D eigenvalue weighted by atomic mass is 19.2. The quantitative estimate of drug-likeness (QED) is 0.602. The summed E-state index contributed by atoms with van der Waals surface area (Å²) >= 11 is 0. The fourth-order valence-electron chi connectivity index (χ4n) is 4.15. The van der Waals surface area contributed by atoms with Crippen LogP contribution in [-0.2, 0) is 4.79 Å². The van der Waals surface area contributed by atoms with Crippen molar-refractivity contribution in [2.75, 3.05) is 14.1 Å². The van der Waals surface area contributed by atoms with E-state index in [1.165, 1.54) is 13.8 Å². The molecule has 0 aromatic carbocycles. The van der Waals surface area contributed by atoms with Gasteiger partial charge in [0, 0.05) is 37.8 Å². The maximum absolute atomic E-state index is 15.7. The normalized spacial score (nSPS) is 18.4. The van der Waals surface area contributed by atoms with Gasteiger partial charge in [0.25, 0.3) is 0 Å². The maximum Gasteiger partial charge on any atom is 0.737 e. The third-order valence-corrected chi connectivity index (χ3v) is 5.41. The minimum absolute atomic E-state index is 0.224. The van der Waals surface area contributed by atoms with Crippen LogP contribution in [0.25, 0.3) is 5.57 Å². The van der Waals surface area contributed by atoms with Crippen molar-refractivity contribution in [1.82, 2.24) is 9.38 Å². The van der Waals surface area contributed by atoms with Gasteiger partial charge in [-0.2, -0.15) is 0 Å². The van der Waals surface area contributed by atoms with Gasteiger partial charge in [-0.3, -0.25) is 9.59 Å². The third-order valence-electron chi connectivity index (χ3n) is 5.41. The lowest BCUT2D eigenvalue weighted by molar-refractivity contribution is -0.363. The van der Waals surface area contributed by atoms with Gasteiger partial charge in [-0.05, 0) is 44.3 Å². The molecule has 2 aliphatic rings. The molecule has 2 aliphatic heterocycles. The summed E-state index contributed by atoms with van der Waals surface area (Å²) in [5, 5.41) is 0. The Kier molecular flexibility index (Phi) is 4.33. The molecule has 3 heterocycles. The molecule has 0 saturated heterocycles. The van der Waals surface area contributed by atoms with Crippen LogP contribution < -0.4 is 0 Å². The summed E-state index contributed by atoms with van der Waals surface area (Å²) in [6, 6.07) is 0. The summed E-state index contributed by atoms with van der Waals surface area (Å²) < 4.78 is 33.2. The summed E-state index contributed by atoms with van der Waals surface area (Å²) in [6.45, 7) is 2.17. The van der Waals surface area contributed by atoms with Crippen LogP contribution in [0.4, 0.5) is 8.63 Å². The first-order valence-electron chi connectivity index (χ1n) is 8.67. The molecule has 1 aromatic rings. The molecule has 1 aromatic heterocycles. The average molecular weight is 373 g/mol. The first-order chi connectivity index (χ1) is 12.6. The molecule has 27 heavy (non-hydrogen) atoms. The van der Waals surface area contributed by atoms with Crippen LogP contribution in [0.2, 0.25) is 0 Å². The first-order valence-corrected chi connectivity index (χ1v) is 8.67. The van der Waals surface area contributed by atoms with Gasteiger partial charge in [-0.15, -0.1) is 0 Å². The van der Waals surface area contributed by atoms with E-state index in [4.69, 9.17) is 0 Å². The molecule has 0 radical (unpaired) electrons. The van der Waals surface area contributed by atoms with Crippen LogP contribution in [0.5, 0.6) is 0 Å². The Bertz CT molecular complexity index is 1010. The smallest absolute Gasteiger partial charge is 0.393 e. The molecule has 0 aliphatic carbocycles. The van der Waals surface area contributed by atoms with E-state index in [9.17, 15) is 9.59 Å². The van der Waals surface area contributed by atoms with Crippen molar-refractivity contribution >= 4 is 30.8 Å². The van der Waals surface area contributed by atoms with Crippen molar-refractivity contribution in [3.8, 4) is 0 Å². The van der Waals surface area contributed by atoms with Crippen LogP contribution in [0.1, 0.15) is 41.2 Å². The molecule has 0 unspecified atom stereocenters. The number of carbonyl (C=O) groups excluding carboxylic acids is 2. The zero-order valence-electron chi connectivity index (χ0n) is 16.3. The number of nitrogens with zero attached hydrogens (tertiary/aromatic N) is 3. The molecular formula is C19H22BF2N3O2. The number of aldehydes is 2. The molecule has 0 fully saturated rings. The Morgan fingerprint density at radius 2 is 1.67 bits per heavy atom. The molecule has 0 amide bonds. The Morgan fingerprint density at radius 3 is 2.19 bits per heavy atom. The number of hydrogen-bond donors (Lipinski definition) is 0. The number of fused-ring (bicyclic) bond motifs is 2. The zero-order chi connectivity index (χ0) is 20.3.